The van der Waals surface area contributed by atoms with Gasteiger partial charge >= 0.3 is 14.4 Å². The molecule has 0 aliphatic carbocycles. The molecule has 7 heteroatoms. The van der Waals surface area contributed by atoms with Crippen molar-refractivity contribution in [2.45, 2.75) is 50.1 Å². The van der Waals surface area contributed by atoms with Gasteiger partial charge in [-0.15, -0.1) is 0 Å². The van der Waals surface area contributed by atoms with Crippen molar-refractivity contribution < 1.29 is 24.3 Å². The molecule has 0 saturated carbocycles. The van der Waals surface area contributed by atoms with E-state index in [4.69, 9.17) is 9.84 Å². The largest absolute Gasteiger partial charge is 0.478 e. The molecule has 1 saturated heterocycles. The van der Waals surface area contributed by atoms with Crippen LogP contribution in [-0.2, 0) is 15.7 Å². The maximum atomic E-state index is 11.4. The summed E-state index contributed by atoms with van der Waals surface area (Å²) >= 11 is 0. The maximum absolute atomic E-state index is 11.4. The smallest absolute Gasteiger partial charge is 0.362 e. The van der Waals surface area contributed by atoms with Crippen LogP contribution < -0.4 is 5.32 Å². The first-order chi connectivity index (χ1) is 11.5. The number of aliphatic hydroxyl groups is 1. The van der Waals surface area contributed by atoms with Crippen molar-refractivity contribution in [2.24, 2.45) is 0 Å². The Kier molecular flexibility index (Phi) is 6.87. The molecular formula is C17H25NO5P+. The van der Waals surface area contributed by atoms with Gasteiger partial charge in [0.1, 0.15) is 6.10 Å². The van der Waals surface area contributed by atoms with Crippen molar-refractivity contribution in [2.75, 3.05) is 13.2 Å². The topological polar surface area (TPSA) is 95.9 Å². The molecule has 0 radical (unpaired) electrons. The van der Waals surface area contributed by atoms with Gasteiger partial charge < -0.3 is 20.3 Å². The number of hydrogen-bond donors (Lipinski definition) is 3. The number of benzene rings is 1. The molecule has 1 aromatic rings. The fraction of sp³-hybridized carbons (Fsp3) is 0.588. The zero-order chi connectivity index (χ0) is 17.6. The quantitative estimate of drug-likeness (QED) is 0.620. The summed E-state index contributed by atoms with van der Waals surface area (Å²) in [4.78, 5) is 11.0. The number of carboxylic acid groups (broad SMARTS) is 1. The van der Waals surface area contributed by atoms with Crippen molar-refractivity contribution >= 4 is 14.4 Å². The summed E-state index contributed by atoms with van der Waals surface area (Å²) in [5.74, 6) is -0.942. The van der Waals surface area contributed by atoms with Crippen molar-refractivity contribution in [3.8, 4) is 0 Å². The van der Waals surface area contributed by atoms with E-state index in [9.17, 15) is 14.5 Å². The van der Waals surface area contributed by atoms with E-state index < -0.39 is 25.9 Å². The van der Waals surface area contributed by atoms with Crippen LogP contribution in [0.15, 0.2) is 24.3 Å². The lowest BCUT2D eigenvalue weighted by Crippen LogP contribution is -2.54. The third-order valence-electron chi connectivity index (χ3n) is 4.37. The van der Waals surface area contributed by atoms with Gasteiger partial charge in [0.25, 0.3) is 5.34 Å². The van der Waals surface area contributed by atoms with Gasteiger partial charge in [-0.1, -0.05) is 30.0 Å². The van der Waals surface area contributed by atoms with Gasteiger partial charge in [-0.05, 0) is 30.5 Å². The average molecular weight is 354 g/mol. The highest BCUT2D eigenvalue weighted by Crippen LogP contribution is 2.33. The molecule has 2 unspecified atom stereocenters. The molecule has 2 rings (SSSR count). The number of morpholine rings is 1. The zero-order valence-electron chi connectivity index (χ0n) is 13.8. The average Bonchev–Trinajstić information content (AvgIpc) is 2.60. The summed E-state index contributed by atoms with van der Waals surface area (Å²) in [6.07, 6.45) is 2.35. The molecule has 24 heavy (non-hydrogen) atoms. The van der Waals surface area contributed by atoms with Gasteiger partial charge in [-0.2, -0.15) is 0 Å². The van der Waals surface area contributed by atoms with E-state index in [1.807, 2.05) is 13.0 Å². The Labute approximate surface area is 143 Å². The van der Waals surface area contributed by atoms with Crippen molar-refractivity contribution in [1.29, 1.82) is 0 Å². The van der Waals surface area contributed by atoms with Gasteiger partial charge in [0.15, 0.2) is 0 Å². The van der Waals surface area contributed by atoms with E-state index in [0.29, 0.717) is 26.0 Å². The molecule has 1 heterocycles. The molecule has 3 N–H and O–H groups in total. The lowest BCUT2D eigenvalue weighted by molar-refractivity contribution is -0.0884. The van der Waals surface area contributed by atoms with Crippen LogP contribution in [0.25, 0.3) is 0 Å². The Morgan fingerprint density at radius 2 is 2.29 bits per heavy atom. The van der Waals surface area contributed by atoms with E-state index >= 15 is 0 Å². The van der Waals surface area contributed by atoms with Gasteiger partial charge in [0.05, 0.1) is 12.2 Å². The molecule has 0 amide bonds. The standard InChI is InChI=1S/C17H24NO5P/c1-2-3-7-17(21,24-22)15-10-18-14(11-23-15)9-12-5-4-6-13(8-12)16(19)20/h4-6,8,14-15,18,21H,2-3,7,9-11H2,1H3,(H,19,20)/p+1/t14-,15+,17?/m1/s1. The Hall–Kier alpha value is -1.33. The third kappa shape index (κ3) is 4.84. The Morgan fingerprint density at radius 1 is 1.50 bits per heavy atom. The van der Waals surface area contributed by atoms with Gasteiger partial charge in [-0.3, -0.25) is 0 Å². The van der Waals surface area contributed by atoms with E-state index in [1.54, 1.807) is 18.2 Å². The second kappa shape index (κ2) is 8.67. The minimum absolute atomic E-state index is 0.0377. The molecule has 0 bridgehead atoms. The Balaban J connectivity index is 1.91. The first kappa shape index (κ1) is 19.0. The van der Waals surface area contributed by atoms with Gasteiger partial charge in [-0.25, -0.2) is 4.79 Å². The van der Waals surface area contributed by atoms with E-state index in [2.05, 4.69) is 5.32 Å². The van der Waals surface area contributed by atoms with Crippen molar-refractivity contribution in [3.63, 3.8) is 0 Å². The van der Waals surface area contributed by atoms with Crippen LogP contribution in [0.3, 0.4) is 0 Å². The van der Waals surface area contributed by atoms with Crippen LogP contribution in [0.5, 0.6) is 0 Å². The number of rotatable bonds is 8. The number of carboxylic acids is 1. The van der Waals surface area contributed by atoms with E-state index in [-0.39, 0.29) is 11.6 Å². The molecule has 6 nitrogen and oxygen atoms in total. The van der Waals surface area contributed by atoms with E-state index in [0.717, 1.165) is 18.4 Å². The number of nitrogens with one attached hydrogen (secondary N) is 1. The summed E-state index contributed by atoms with van der Waals surface area (Å²) in [5.41, 5.74) is 1.19. The Morgan fingerprint density at radius 3 is 2.88 bits per heavy atom. The summed E-state index contributed by atoms with van der Waals surface area (Å²) in [7, 11) is -0.821. The highest BCUT2D eigenvalue weighted by Gasteiger charge is 2.47. The fourth-order valence-corrected chi connectivity index (χ4v) is 3.50. The second-order valence-corrected chi connectivity index (χ2v) is 7.34. The number of hydrogen-bond acceptors (Lipinski definition) is 5. The number of carbonyl (C=O) groups is 1. The highest BCUT2D eigenvalue weighted by atomic mass is 31.1. The molecule has 1 aliphatic rings. The van der Waals surface area contributed by atoms with Crippen molar-refractivity contribution in [3.05, 3.63) is 35.4 Å². The normalized spacial score (nSPS) is 23.8. The number of ether oxygens (including phenoxy) is 1. The van der Waals surface area contributed by atoms with Crippen LogP contribution >= 0.6 is 8.46 Å². The first-order valence-corrected chi connectivity index (χ1v) is 9.18. The number of aromatic carboxylic acids is 1. The molecule has 132 valence electrons. The molecule has 4 atom stereocenters. The Bertz CT molecular complexity index is 574. The van der Waals surface area contributed by atoms with Gasteiger partial charge in [0, 0.05) is 19.0 Å². The third-order valence-corrected chi connectivity index (χ3v) is 5.29. The SMILES string of the molecule is CCCCC(O)([PH+]=O)[C@@H]1CN[C@H](Cc2cccc(C(=O)O)c2)CO1. The molecule has 0 aromatic heterocycles. The van der Waals surface area contributed by atoms with Crippen LogP contribution in [0.2, 0.25) is 0 Å². The highest BCUT2D eigenvalue weighted by molar-refractivity contribution is 7.25. The number of unbranched alkanes of at least 4 members (excludes halogenated alkanes) is 1. The predicted molar refractivity (Wildman–Crippen MR) is 92.1 cm³/mol. The van der Waals surface area contributed by atoms with E-state index in [1.165, 1.54) is 0 Å². The van der Waals surface area contributed by atoms with Crippen LogP contribution in [0.1, 0.15) is 42.1 Å². The summed E-state index contributed by atoms with van der Waals surface area (Å²) < 4.78 is 17.2. The molecule has 0 spiro atoms. The predicted octanol–water partition coefficient (Wildman–Crippen LogP) is 2.19. The lowest BCUT2D eigenvalue weighted by Gasteiger charge is -2.34. The van der Waals surface area contributed by atoms with Crippen LogP contribution in [0.4, 0.5) is 0 Å². The van der Waals surface area contributed by atoms with Crippen LogP contribution in [0, 0.1) is 0 Å². The lowest BCUT2D eigenvalue weighted by atomic mass is 10.0. The zero-order valence-corrected chi connectivity index (χ0v) is 14.8. The first-order valence-electron chi connectivity index (χ1n) is 8.27. The molecule has 1 aromatic carbocycles. The molecule has 1 fully saturated rings. The molecular weight excluding hydrogens is 329 g/mol. The second-order valence-electron chi connectivity index (χ2n) is 6.27. The van der Waals surface area contributed by atoms with Crippen molar-refractivity contribution in [1.82, 2.24) is 5.32 Å². The summed E-state index contributed by atoms with van der Waals surface area (Å²) in [5, 5.41) is 21.6. The summed E-state index contributed by atoms with van der Waals surface area (Å²) in [6.45, 7) is 2.84. The van der Waals surface area contributed by atoms with Crippen LogP contribution in [-0.4, -0.2) is 46.8 Å². The minimum atomic E-state index is -1.29. The summed E-state index contributed by atoms with van der Waals surface area (Å²) in [6, 6.07) is 6.88. The monoisotopic (exact) mass is 354 g/mol. The fourth-order valence-electron chi connectivity index (χ4n) is 2.90. The maximum Gasteiger partial charge on any atom is 0.362 e. The van der Waals surface area contributed by atoms with Gasteiger partial charge in [0.2, 0.25) is 0 Å². The minimum Gasteiger partial charge on any atom is -0.478 e. The molecule has 1 aliphatic heterocycles.